The molecule has 0 bridgehead atoms. The first-order valence-electron chi connectivity index (χ1n) is 11.0. The summed E-state index contributed by atoms with van der Waals surface area (Å²) in [6.07, 6.45) is 2.20. The van der Waals surface area contributed by atoms with Gasteiger partial charge in [0.05, 0.1) is 0 Å². The minimum atomic E-state index is 0.640. The highest BCUT2D eigenvalue weighted by Gasteiger charge is 2.12. The zero-order chi connectivity index (χ0) is 21.1. The Bertz CT molecular complexity index is 949. The molecule has 1 unspecified atom stereocenters. The number of hydrogen-bond donors (Lipinski definition) is 0. The molecule has 3 aromatic carbocycles. The quantitative estimate of drug-likeness (QED) is 0.478. The van der Waals surface area contributed by atoms with Crippen LogP contribution in [0.5, 0.6) is 0 Å². The summed E-state index contributed by atoms with van der Waals surface area (Å²) < 4.78 is 0. The molecular formula is C28H35B. The molecule has 0 heterocycles. The van der Waals surface area contributed by atoms with Crippen molar-refractivity contribution in [2.45, 2.75) is 67.2 Å². The van der Waals surface area contributed by atoms with Crippen molar-refractivity contribution >= 4 is 18.2 Å². The van der Waals surface area contributed by atoms with E-state index >= 15 is 0 Å². The fourth-order valence-electron chi connectivity index (χ4n) is 4.56. The van der Waals surface area contributed by atoms with Crippen molar-refractivity contribution in [2.75, 3.05) is 0 Å². The summed E-state index contributed by atoms with van der Waals surface area (Å²) in [6, 6.07) is 18.6. The molecule has 0 aliphatic heterocycles. The minimum Gasteiger partial charge on any atom is -0.0728 e. The Hall–Kier alpha value is -2.28. The largest absolute Gasteiger partial charge is 0.193 e. The average molecular weight is 382 g/mol. The molecule has 0 N–H and O–H groups in total. The number of benzene rings is 3. The Morgan fingerprint density at radius 1 is 0.690 bits per heavy atom. The molecule has 29 heavy (non-hydrogen) atoms. The molecule has 3 aromatic rings. The Balaban J connectivity index is 1.83. The van der Waals surface area contributed by atoms with E-state index in [4.69, 9.17) is 0 Å². The third kappa shape index (κ3) is 5.02. The molecule has 0 spiro atoms. The van der Waals surface area contributed by atoms with Crippen molar-refractivity contribution in [3.63, 3.8) is 0 Å². The fourth-order valence-corrected chi connectivity index (χ4v) is 4.56. The summed E-state index contributed by atoms with van der Waals surface area (Å²) in [5.74, 6) is 0.640. The molecule has 1 atom stereocenters. The van der Waals surface area contributed by atoms with Crippen LogP contribution in [0, 0.1) is 34.6 Å². The highest BCUT2D eigenvalue weighted by atomic mass is 14.1. The molecule has 0 fully saturated rings. The molecular weight excluding hydrogens is 347 g/mol. The van der Waals surface area contributed by atoms with E-state index in [1.165, 1.54) is 61.9 Å². The second-order valence-corrected chi connectivity index (χ2v) is 8.99. The lowest BCUT2D eigenvalue weighted by Crippen LogP contribution is -2.34. The predicted octanol–water partition coefficient (Wildman–Crippen LogP) is 5.72. The normalized spacial score (nSPS) is 12.1. The van der Waals surface area contributed by atoms with Crippen LogP contribution in [0.1, 0.15) is 70.7 Å². The number of aryl methyl sites for hydroxylation is 5. The highest BCUT2D eigenvalue weighted by molar-refractivity contribution is 6.69. The average Bonchev–Trinajstić information content (AvgIpc) is 2.66. The van der Waals surface area contributed by atoms with Gasteiger partial charge in [0.1, 0.15) is 0 Å². The number of hydrogen-bond acceptors (Lipinski definition) is 0. The third-order valence-corrected chi connectivity index (χ3v) is 6.52. The van der Waals surface area contributed by atoms with Gasteiger partial charge in [0.2, 0.25) is 0 Å². The van der Waals surface area contributed by atoms with Gasteiger partial charge in [0.25, 0.3) is 0 Å². The first kappa shape index (κ1) is 21.4. The van der Waals surface area contributed by atoms with Gasteiger partial charge in [-0.3, -0.25) is 0 Å². The van der Waals surface area contributed by atoms with Crippen molar-refractivity contribution < 1.29 is 0 Å². The third-order valence-electron chi connectivity index (χ3n) is 6.52. The molecule has 0 nitrogen and oxygen atoms in total. The van der Waals surface area contributed by atoms with E-state index in [-0.39, 0.29) is 0 Å². The highest BCUT2D eigenvalue weighted by Crippen LogP contribution is 2.20. The maximum absolute atomic E-state index is 2.39. The van der Waals surface area contributed by atoms with Gasteiger partial charge in [-0.1, -0.05) is 101 Å². The van der Waals surface area contributed by atoms with Crippen molar-refractivity contribution in [3.05, 3.63) is 93.0 Å². The van der Waals surface area contributed by atoms with E-state index in [1.54, 1.807) is 0 Å². The Kier molecular flexibility index (Phi) is 6.68. The summed E-state index contributed by atoms with van der Waals surface area (Å²) in [5, 5.41) is 0. The van der Waals surface area contributed by atoms with Gasteiger partial charge in [-0.25, -0.2) is 0 Å². The van der Waals surface area contributed by atoms with Crippen molar-refractivity contribution in [3.8, 4) is 0 Å². The molecule has 0 aromatic heterocycles. The lowest BCUT2D eigenvalue weighted by atomic mass is 9.58. The summed E-state index contributed by atoms with van der Waals surface area (Å²) in [4.78, 5) is 0. The Labute approximate surface area is 178 Å². The summed E-state index contributed by atoms with van der Waals surface area (Å²) in [7, 11) is 1.03. The minimum absolute atomic E-state index is 0.640. The van der Waals surface area contributed by atoms with Crippen LogP contribution < -0.4 is 10.9 Å². The van der Waals surface area contributed by atoms with Crippen LogP contribution in [-0.2, 0) is 6.42 Å². The summed E-state index contributed by atoms with van der Waals surface area (Å²) >= 11 is 0. The second kappa shape index (κ2) is 9.03. The van der Waals surface area contributed by atoms with Gasteiger partial charge < -0.3 is 0 Å². The topological polar surface area (TPSA) is 0 Å². The van der Waals surface area contributed by atoms with Gasteiger partial charge in [-0.15, -0.1) is 0 Å². The lowest BCUT2D eigenvalue weighted by Gasteiger charge is -2.16. The smallest absolute Gasteiger partial charge is 0.0728 e. The molecule has 150 valence electrons. The molecule has 0 amide bonds. The Morgan fingerprint density at radius 3 is 1.66 bits per heavy atom. The molecule has 0 saturated carbocycles. The van der Waals surface area contributed by atoms with E-state index in [9.17, 15) is 0 Å². The lowest BCUT2D eigenvalue weighted by molar-refractivity contribution is 0.733. The summed E-state index contributed by atoms with van der Waals surface area (Å²) in [5.41, 5.74) is 14.2. The molecule has 1 heteroatoms. The van der Waals surface area contributed by atoms with Crippen molar-refractivity contribution in [1.82, 2.24) is 0 Å². The van der Waals surface area contributed by atoms with Gasteiger partial charge in [0.15, 0.2) is 7.28 Å². The van der Waals surface area contributed by atoms with Crippen molar-refractivity contribution in [2.24, 2.45) is 0 Å². The Morgan fingerprint density at radius 2 is 1.17 bits per heavy atom. The molecule has 0 radical (unpaired) electrons. The molecule has 0 aliphatic rings. The van der Waals surface area contributed by atoms with Crippen LogP contribution in [0.2, 0.25) is 0 Å². The zero-order valence-corrected chi connectivity index (χ0v) is 19.3. The predicted molar refractivity (Wildman–Crippen MR) is 131 cm³/mol. The monoisotopic (exact) mass is 382 g/mol. The van der Waals surface area contributed by atoms with E-state index < -0.39 is 0 Å². The van der Waals surface area contributed by atoms with Gasteiger partial charge in [-0.05, 0) is 70.1 Å². The van der Waals surface area contributed by atoms with Crippen LogP contribution in [0.4, 0.5) is 0 Å². The molecule has 3 rings (SSSR count). The van der Waals surface area contributed by atoms with Crippen molar-refractivity contribution in [1.29, 1.82) is 0 Å². The van der Waals surface area contributed by atoms with E-state index in [1.807, 2.05) is 0 Å². The second-order valence-electron chi connectivity index (χ2n) is 8.99. The zero-order valence-electron chi connectivity index (χ0n) is 19.3. The first-order chi connectivity index (χ1) is 13.8. The van der Waals surface area contributed by atoms with Gasteiger partial charge in [-0.2, -0.15) is 0 Å². The van der Waals surface area contributed by atoms with Crippen LogP contribution in [0.15, 0.2) is 48.5 Å². The maximum atomic E-state index is 2.39. The van der Waals surface area contributed by atoms with E-state index in [2.05, 4.69) is 97.0 Å². The summed E-state index contributed by atoms with van der Waals surface area (Å²) in [6.45, 7) is 15.8. The molecule has 0 aliphatic carbocycles. The van der Waals surface area contributed by atoms with Gasteiger partial charge in [0, 0.05) is 0 Å². The van der Waals surface area contributed by atoms with Crippen LogP contribution >= 0.6 is 0 Å². The van der Waals surface area contributed by atoms with Crippen LogP contribution in [0.3, 0.4) is 0 Å². The standard InChI is InChI=1S/C28H35B/c1-8-19(3)26-11-9-24(10-12-26)17-25-15-22(6)28(23(7)16-25)29-27-20(4)13-18(2)14-21(27)5/h9-16,19,29H,8,17H2,1-7H3. The SMILES string of the molecule is CCC(C)c1ccc(Cc2cc(C)c(Bc3c(C)cc(C)cc3C)c(C)c2)cc1. The maximum Gasteiger partial charge on any atom is 0.193 e. The van der Waals surface area contributed by atoms with Crippen LogP contribution in [-0.4, -0.2) is 7.28 Å². The van der Waals surface area contributed by atoms with E-state index in [0.717, 1.165) is 13.7 Å². The van der Waals surface area contributed by atoms with Crippen LogP contribution in [0.25, 0.3) is 0 Å². The fraction of sp³-hybridized carbons (Fsp3) is 0.357. The number of rotatable bonds is 6. The first-order valence-corrected chi connectivity index (χ1v) is 11.0. The molecule has 0 saturated heterocycles. The van der Waals surface area contributed by atoms with E-state index in [0.29, 0.717) is 5.92 Å². The van der Waals surface area contributed by atoms with Gasteiger partial charge >= 0.3 is 0 Å².